The highest BCUT2D eigenvalue weighted by molar-refractivity contribution is 5.68. The molecule has 1 amide bonds. The number of rotatable bonds is 4. The van der Waals surface area contributed by atoms with Crippen LogP contribution in [0.5, 0.6) is 0 Å². The second-order valence-corrected chi connectivity index (χ2v) is 6.54. The number of hydrogen-bond donors (Lipinski definition) is 2. The molecule has 2 N–H and O–H groups in total. The second kappa shape index (κ2) is 5.16. The van der Waals surface area contributed by atoms with E-state index in [4.69, 9.17) is 9.84 Å². The molecule has 0 spiro atoms. The van der Waals surface area contributed by atoms with Crippen LogP contribution in [0.4, 0.5) is 4.79 Å². The summed E-state index contributed by atoms with van der Waals surface area (Å²) in [5.41, 5.74) is -0.479. The van der Waals surface area contributed by atoms with E-state index in [2.05, 4.69) is 12.2 Å². The molecule has 1 aliphatic carbocycles. The summed E-state index contributed by atoms with van der Waals surface area (Å²) in [4.78, 5) is 22.0. The molecule has 0 aliphatic heterocycles. The zero-order valence-corrected chi connectivity index (χ0v) is 11.6. The van der Waals surface area contributed by atoms with Crippen LogP contribution in [0.1, 0.15) is 47.0 Å². The van der Waals surface area contributed by atoms with Crippen LogP contribution >= 0.6 is 0 Å². The zero-order chi connectivity index (χ0) is 14.0. The Bertz CT molecular complexity index is 326. The Kier molecular flexibility index (Phi) is 4.24. The number of carboxylic acids is 1. The Hall–Kier alpha value is -1.26. The van der Waals surface area contributed by atoms with Gasteiger partial charge < -0.3 is 15.2 Å². The third-order valence-electron chi connectivity index (χ3n) is 3.08. The maximum atomic E-state index is 11.5. The molecule has 5 heteroatoms. The van der Waals surface area contributed by atoms with Crippen molar-refractivity contribution in [3.05, 3.63) is 0 Å². The molecular weight excluding hydrogens is 234 g/mol. The normalized spacial score (nSPS) is 27.2. The minimum atomic E-state index is -0.748. The standard InChI is InChI=1S/C13H23NO4/c1-12(2,3)18-11(17)14-8-13(4)6-9(7-13)5-10(15)16/h9H,5-8H2,1-4H3,(H,14,17)(H,15,16). The molecule has 1 saturated carbocycles. The highest BCUT2D eigenvalue weighted by Crippen LogP contribution is 2.46. The van der Waals surface area contributed by atoms with Crippen molar-refractivity contribution in [3.8, 4) is 0 Å². The third-order valence-corrected chi connectivity index (χ3v) is 3.08. The van der Waals surface area contributed by atoms with E-state index in [0.29, 0.717) is 6.54 Å². The van der Waals surface area contributed by atoms with Crippen LogP contribution in [-0.4, -0.2) is 29.3 Å². The number of amides is 1. The Morgan fingerprint density at radius 1 is 1.39 bits per heavy atom. The van der Waals surface area contributed by atoms with Gasteiger partial charge in [0.15, 0.2) is 0 Å². The van der Waals surface area contributed by atoms with Gasteiger partial charge in [0.2, 0.25) is 0 Å². The third kappa shape index (κ3) is 4.94. The Balaban J connectivity index is 2.25. The van der Waals surface area contributed by atoms with E-state index in [9.17, 15) is 9.59 Å². The van der Waals surface area contributed by atoms with Gasteiger partial charge >= 0.3 is 12.1 Å². The predicted molar refractivity (Wildman–Crippen MR) is 67.3 cm³/mol. The summed E-state index contributed by atoms with van der Waals surface area (Å²) >= 11 is 0. The molecule has 0 radical (unpaired) electrons. The summed E-state index contributed by atoms with van der Waals surface area (Å²) in [5, 5.41) is 11.4. The van der Waals surface area contributed by atoms with E-state index in [-0.39, 0.29) is 17.8 Å². The van der Waals surface area contributed by atoms with E-state index in [1.807, 2.05) is 20.8 Å². The number of nitrogens with one attached hydrogen (secondary N) is 1. The lowest BCUT2D eigenvalue weighted by atomic mass is 9.62. The number of carbonyl (C=O) groups is 2. The molecule has 0 atom stereocenters. The molecule has 0 bridgehead atoms. The van der Waals surface area contributed by atoms with Gasteiger partial charge in [-0.3, -0.25) is 4.79 Å². The highest BCUT2D eigenvalue weighted by atomic mass is 16.6. The number of carboxylic acid groups (broad SMARTS) is 1. The summed E-state index contributed by atoms with van der Waals surface area (Å²) in [6.07, 6.45) is 1.50. The molecule has 1 aliphatic rings. The van der Waals surface area contributed by atoms with Crippen LogP contribution < -0.4 is 5.32 Å². The number of ether oxygens (including phenoxy) is 1. The van der Waals surface area contributed by atoms with E-state index in [0.717, 1.165) is 12.8 Å². The topological polar surface area (TPSA) is 75.6 Å². The molecule has 0 aromatic carbocycles. The summed E-state index contributed by atoms with van der Waals surface area (Å²) < 4.78 is 5.15. The number of carbonyl (C=O) groups excluding carboxylic acids is 1. The SMILES string of the molecule is CC1(CNC(=O)OC(C)(C)C)CC(CC(=O)O)C1. The lowest BCUT2D eigenvalue weighted by Gasteiger charge is -2.45. The first-order chi connectivity index (χ1) is 8.10. The maximum Gasteiger partial charge on any atom is 0.407 e. The average Bonchev–Trinajstić information content (AvgIpc) is 2.08. The van der Waals surface area contributed by atoms with Crippen molar-refractivity contribution in [2.24, 2.45) is 11.3 Å². The lowest BCUT2D eigenvalue weighted by molar-refractivity contribution is -0.140. The van der Waals surface area contributed by atoms with Gasteiger partial charge in [0.1, 0.15) is 5.60 Å². The number of aliphatic carboxylic acids is 1. The monoisotopic (exact) mass is 257 g/mol. The van der Waals surface area contributed by atoms with Gasteiger partial charge in [-0.2, -0.15) is 0 Å². The van der Waals surface area contributed by atoms with E-state index >= 15 is 0 Å². The van der Waals surface area contributed by atoms with Crippen molar-refractivity contribution in [2.75, 3.05) is 6.54 Å². The van der Waals surface area contributed by atoms with Crippen molar-refractivity contribution in [1.29, 1.82) is 0 Å². The molecule has 0 aromatic rings. The minimum Gasteiger partial charge on any atom is -0.481 e. The number of alkyl carbamates (subject to hydrolysis) is 1. The van der Waals surface area contributed by atoms with Crippen LogP contribution in [-0.2, 0) is 9.53 Å². The fourth-order valence-corrected chi connectivity index (χ4v) is 2.47. The molecule has 104 valence electrons. The first kappa shape index (κ1) is 14.8. The first-order valence-corrected chi connectivity index (χ1v) is 6.28. The van der Waals surface area contributed by atoms with Crippen molar-refractivity contribution in [3.63, 3.8) is 0 Å². The van der Waals surface area contributed by atoms with E-state index in [1.54, 1.807) is 0 Å². The van der Waals surface area contributed by atoms with Gasteiger partial charge in [-0.05, 0) is 44.9 Å². The van der Waals surface area contributed by atoms with Gasteiger partial charge in [-0.1, -0.05) is 6.92 Å². The molecule has 0 saturated heterocycles. The quantitative estimate of drug-likeness (QED) is 0.811. The Morgan fingerprint density at radius 3 is 2.39 bits per heavy atom. The second-order valence-electron chi connectivity index (χ2n) is 6.54. The Labute approximate surface area is 108 Å². The Morgan fingerprint density at radius 2 is 1.94 bits per heavy atom. The van der Waals surface area contributed by atoms with Crippen LogP contribution in [0.25, 0.3) is 0 Å². The average molecular weight is 257 g/mol. The largest absolute Gasteiger partial charge is 0.481 e. The van der Waals surface area contributed by atoms with Crippen LogP contribution in [0, 0.1) is 11.3 Å². The molecule has 1 fully saturated rings. The maximum absolute atomic E-state index is 11.5. The predicted octanol–water partition coefficient (Wildman–Crippen LogP) is 2.40. The summed E-state index contributed by atoms with van der Waals surface area (Å²) in [6.45, 7) is 8.06. The van der Waals surface area contributed by atoms with Crippen LogP contribution in [0.15, 0.2) is 0 Å². The molecule has 0 unspecified atom stereocenters. The van der Waals surface area contributed by atoms with Gasteiger partial charge in [0.25, 0.3) is 0 Å². The first-order valence-electron chi connectivity index (χ1n) is 6.28. The summed E-state index contributed by atoms with van der Waals surface area (Å²) in [6, 6.07) is 0. The smallest absolute Gasteiger partial charge is 0.407 e. The van der Waals surface area contributed by atoms with Gasteiger partial charge in [-0.15, -0.1) is 0 Å². The fraction of sp³-hybridized carbons (Fsp3) is 0.846. The molecular formula is C13H23NO4. The van der Waals surface area contributed by atoms with Gasteiger partial charge in [0, 0.05) is 13.0 Å². The van der Waals surface area contributed by atoms with Crippen molar-refractivity contribution in [2.45, 2.75) is 52.6 Å². The lowest BCUT2D eigenvalue weighted by Crippen LogP contribution is -2.46. The van der Waals surface area contributed by atoms with Crippen molar-refractivity contribution in [1.82, 2.24) is 5.32 Å². The van der Waals surface area contributed by atoms with Crippen molar-refractivity contribution >= 4 is 12.1 Å². The van der Waals surface area contributed by atoms with Gasteiger partial charge in [-0.25, -0.2) is 4.79 Å². The summed E-state index contributed by atoms with van der Waals surface area (Å²) in [5.74, 6) is -0.505. The molecule has 0 heterocycles. The van der Waals surface area contributed by atoms with E-state index in [1.165, 1.54) is 0 Å². The number of hydrogen-bond acceptors (Lipinski definition) is 3. The zero-order valence-electron chi connectivity index (χ0n) is 11.6. The van der Waals surface area contributed by atoms with Crippen molar-refractivity contribution < 1.29 is 19.4 Å². The molecule has 1 rings (SSSR count). The highest BCUT2D eigenvalue weighted by Gasteiger charge is 2.41. The van der Waals surface area contributed by atoms with Crippen LogP contribution in [0.2, 0.25) is 0 Å². The molecule has 5 nitrogen and oxygen atoms in total. The molecule has 0 aromatic heterocycles. The van der Waals surface area contributed by atoms with E-state index < -0.39 is 17.7 Å². The minimum absolute atomic E-state index is 0.0109. The molecule has 18 heavy (non-hydrogen) atoms. The summed E-state index contributed by atoms with van der Waals surface area (Å²) in [7, 11) is 0. The fourth-order valence-electron chi connectivity index (χ4n) is 2.47. The van der Waals surface area contributed by atoms with Crippen LogP contribution in [0.3, 0.4) is 0 Å². The van der Waals surface area contributed by atoms with Gasteiger partial charge in [0.05, 0.1) is 0 Å².